The molecule has 2 aromatic rings. The fraction of sp³-hybridized carbons (Fsp3) is 0.214. The molecule has 0 aliphatic heterocycles. The minimum absolute atomic E-state index is 0.776. The van der Waals surface area contributed by atoms with E-state index >= 15 is 0 Å². The zero-order valence-electron chi connectivity index (χ0n) is 10.3. The van der Waals surface area contributed by atoms with Gasteiger partial charge < -0.3 is 5.32 Å². The van der Waals surface area contributed by atoms with Crippen LogP contribution in [0.1, 0.15) is 16.7 Å². The number of anilines is 1. The molecule has 1 N–H and O–H groups in total. The molecular formula is C14H17N3. The normalized spacial score (nSPS) is 10.2. The van der Waals surface area contributed by atoms with Crippen molar-refractivity contribution in [1.82, 2.24) is 9.78 Å². The van der Waals surface area contributed by atoms with Crippen LogP contribution in [0.3, 0.4) is 0 Å². The van der Waals surface area contributed by atoms with Gasteiger partial charge in [0, 0.05) is 30.2 Å². The van der Waals surface area contributed by atoms with Gasteiger partial charge in [-0.1, -0.05) is 18.7 Å². The highest BCUT2D eigenvalue weighted by Crippen LogP contribution is 2.18. The molecule has 0 amide bonds. The van der Waals surface area contributed by atoms with E-state index in [2.05, 4.69) is 49.0 Å². The van der Waals surface area contributed by atoms with Crippen molar-refractivity contribution in [2.24, 2.45) is 0 Å². The molecule has 17 heavy (non-hydrogen) atoms. The Hall–Kier alpha value is -2.03. The van der Waals surface area contributed by atoms with E-state index in [9.17, 15) is 0 Å². The van der Waals surface area contributed by atoms with Crippen molar-refractivity contribution < 1.29 is 0 Å². The molecular weight excluding hydrogens is 210 g/mol. The molecule has 0 bridgehead atoms. The van der Waals surface area contributed by atoms with Crippen molar-refractivity contribution in [2.75, 3.05) is 5.32 Å². The van der Waals surface area contributed by atoms with Crippen molar-refractivity contribution >= 4 is 11.9 Å². The predicted molar refractivity (Wildman–Crippen MR) is 71.9 cm³/mol. The first-order valence-electron chi connectivity index (χ1n) is 5.66. The lowest BCUT2D eigenvalue weighted by molar-refractivity contribution is 0.936. The van der Waals surface area contributed by atoms with Crippen LogP contribution < -0.4 is 5.32 Å². The average Bonchev–Trinajstić information content (AvgIpc) is 2.79. The standard InChI is InChI=1S/C14H17N3/c1-4-17-10-13(9-16-17)8-15-14-7-5-6-11(2)12(14)3/h4-7,9-10,15H,1,8H2,2-3H3. The van der Waals surface area contributed by atoms with Crippen LogP contribution in [-0.2, 0) is 6.54 Å². The molecule has 3 nitrogen and oxygen atoms in total. The van der Waals surface area contributed by atoms with Crippen LogP contribution in [0.5, 0.6) is 0 Å². The lowest BCUT2D eigenvalue weighted by Crippen LogP contribution is -2.00. The smallest absolute Gasteiger partial charge is 0.0543 e. The highest BCUT2D eigenvalue weighted by molar-refractivity contribution is 5.53. The van der Waals surface area contributed by atoms with Gasteiger partial charge in [-0.25, -0.2) is 4.68 Å². The Morgan fingerprint density at radius 3 is 2.94 bits per heavy atom. The maximum absolute atomic E-state index is 4.15. The molecule has 0 spiro atoms. The Balaban J connectivity index is 2.07. The molecule has 0 unspecified atom stereocenters. The molecule has 0 saturated carbocycles. The largest absolute Gasteiger partial charge is 0.381 e. The average molecular weight is 227 g/mol. The summed E-state index contributed by atoms with van der Waals surface area (Å²) in [7, 11) is 0. The summed E-state index contributed by atoms with van der Waals surface area (Å²) in [5.41, 5.74) is 4.92. The summed E-state index contributed by atoms with van der Waals surface area (Å²) >= 11 is 0. The molecule has 1 aromatic heterocycles. The monoisotopic (exact) mass is 227 g/mol. The Morgan fingerprint density at radius 2 is 2.24 bits per heavy atom. The summed E-state index contributed by atoms with van der Waals surface area (Å²) < 4.78 is 1.71. The first kappa shape index (κ1) is 11.5. The van der Waals surface area contributed by atoms with Crippen molar-refractivity contribution in [3.63, 3.8) is 0 Å². The molecule has 0 radical (unpaired) electrons. The van der Waals surface area contributed by atoms with E-state index in [0.29, 0.717) is 0 Å². The molecule has 2 rings (SSSR count). The third kappa shape index (κ3) is 2.56. The van der Waals surface area contributed by atoms with E-state index in [-0.39, 0.29) is 0 Å². The van der Waals surface area contributed by atoms with Gasteiger partial charge in [0.05, 0.1) is 6.20 Å². The number of nitrogens with zero attached hydrogens (tertiary/aromatic N) is 2. The van der Waals surface area contributed by atoms with Crippen LogP contribution >= 0.6 is 0 Å². The van der Waals surface area contributed by atoms with Crippen LogP contribution in [0.4, 0.5) is 5.69 Å². The zero-order valence-corrected chi connectivity index (χ0v) is 10.3. The number of aromatic nitrogens is 2. The lowest BCUT2D eigenvalue weighted by atomic mass is 10.1. The molecule has 0 saturated heterocycles. The molecule has 0 fully saturated rings. The molecule has 0 aliphatic rings. The second-order valence-electron chi connectivity index (χ2n) is 4.11. The summed E-state index contributed by atoms with van der Waals surface area (Å²) in [5.74, 6) is 0. The fourth-order valence-corrected chi connectivity index (χ4v) is 1.71. The van der Waals surface area contributed by atoms with Crippen LogP contribution in [0.25, 0.3) is 6.20 Å². The van der Waals surface area contributed by atoms with Gasteiger partial charge in [-0.3, -0.25) is 0 Å². The molecule has 1 heterocycles. The first-order valence-corrected chi connectivity index (χ1v) is 5.66. The van der Waals surface area contributed by atoms with E-state index in [0.717, 1.165) is 12.1 Å². The van der Waals surface area contributed by atoms with E-state index in [1.807, 2.05) is 12.4 Å². The van der Waals surface area contributed by atoms with Crippen molar-refractivity contribution in [3.05, 3.63) is 53.9 Å². The number of benzene rings is 1. The molecule has 88 valence electrons. The van der Waals surface area contributed by atoms with Crippen molar-refractivity contribution in [1.29, 1.82) is 0 Å². The van der Waals surface area contributed by atoms with Gasteiger partial charge in [0.1, 0.15) is 0 Å². The number of rotatable bonds is 4. The predicted octanol–water partition coefficient (Wildman–Crippen LogP) is 3.21. The van der Waals surface area contributed by atoms with Crippen LogP contribution in [-0.4, -0.2) is 9.78 Å². The van der Waals surface area contributed by atoms with Gasteiger partial charge >= 0.3 is 0 Å². The van der Waals surface area contributed by atoms with E-state index in [1.165, 1.54) is 16.8 Å². The minimum Gasteiger partial charge on any atom is -0.381 e. The third-order valence-corrected chi connectivity index (χ3v) is 2.93. The van der Waals surface area contributed by atoms with Crippen LogP contribution in [0, 0.1) is 13.8 Å². The van der Waals surface area contributed by atoms with Crippen molar-refractivity contribution in [3.8, 4) is 0 Å². The number of nitrogens with one attached hydrogen (secondary N) is 1. The van der Waals surface area contributed by atoms with Gasteiger partial charge in [0.2, 0.25) is 0 Å². The van der Waals surface area contributed by atoms with Crippen LogP contribution in [0.2, 0.25) is 0 Å². The Morgan fingerprint density at radius 1 is 1.41 bits per heavy atom. The quantitative estimate of drug-likeness (QED) is 0.869. The topological polar surface area (TPSA) is 29.9 Å². The van der Waals surface area contributed by atoms with Gasteiger partial charge in [0.15, 0.2) is 0 Å². The van der Waals surface area contributed by atoms with Gasteiger partial charge in [-0.15, -0.1) is 0 Å². The van der Waals surface area contributed by atoms with Gasteiger partial charge in [0.25, 0.3) is 0 Å². The molecule has 0 atom stereocenters. The SMILES string of the molecule is C=Cn1cc(CNc2cccc(C)c2C)cn1. The molecule has 0 aliphatic carbocycles. The second kappa shape index (κ2) is 4.87. The third-order valence-electron chi connectivity index (χ3n) is 2.93. The maximum Gasteiger partial charge on any atom is 0.0543 e. The lowest BCUT2D eigenvalue weighted by Gasteiger charge is -2.10. The number of hydrogen-bond acceptors (Lipinski definition) is 2. The Bertz CT molecular complexity index is 526. The molecule has 1 aromatic carbocycles. The number of aryl methyl sites for hydroxylation is 1. The number of hydrogen-bond donors (Lipinski definition) is 1. The first-order chi connectivity index (χ1) is 8.20. The van der Waals surface area contributed by atoms with Gasteiger partial charge in [-0.05, 0) is 31.0 Å². The summed E-state index contributed by atoms with van der Waals surface area (Å²) in [4.78, 5) is 0. The Labute approximate surface area is 102 Å². The minimum atomic E-state index is 0.776. The zero-order chi connectivity index (χ0) is 12.3. The summed E-state index contributed by atoms with van der Waals surface area (Å²) in [6.45, 7) is 8.70. The van der Waals surface area contributed by atoms with E-state index in [4.69, 9.17) is 0 Å². The van der Waals surface area contributed by atoms with Crippen LogP contribution in [0.15, 0.2) is 37.2 Å². The summed E-state index contributed by atoms with van der Waals surface area (Å²) in [5, 5.41) is 7.57. The summed E-state index contributed by atoms with van der Waals surface area (Å²) in [6, 6.07) is 6.29. The van der Waals surface area contributed by atoms with Crippen molar-refractivity contribution in [2.45, 2.75) is 20.4 Å². The highest BCUT2D eigenvalue weighted by Gasteiger charge is 2.01. The maximum atomic E-state index is 4.15. The van der Waals surface area contributed by atoms with Gasteiger partial charge in [-0.2, -0.15) is 5.10 Å². The second-order valence-corrected chi connectivity index (χ2v) is 4.11. The fourth-order valence-electron chi connectivity index (χ4n) is 1.71. The Kier molecular flexibility index (Phi) is 3.28. The van der Waals surface area contributed by atoms with E-state index in [1.54, 1.807) is 10.9 Å². The highest BCUT2D eigenvalue weighted by atomic mass is 15.2. The molecule has 3 heteroatoms. The summed E-state index contributed by atoms with van der Waals surface area (Å²) in [6.07, 6.45) is 5.49. The van der Waals surface area contributed by atoms with E-state index < -0.39 is 0 Å².